The van der Waals surface area contributed by atoms with Gasteiger partial charge in [-0.1, -0.05) is 0 Å². The number of anilines is 1. The third-order valence-corrected chi connectivity index (χ3v) is 3.10. The van der Waals surface area contributed by atoms with E-state index >= 15 is 0 Å². The SMILES string of the molecule is CC1(O)CCN(c2c(F)cc(C(=N)N)cc2F)C1. The zero-order valence-electron chi connectivity index (χ0n) is 10.0. The van der Waals surface area contributed by atoms with Crippen molar-refractivity contribution in [2.45, 2.75) is 18.9 Å². The van der Waals surface area contributed by atoms with E-state index in [1.165, 1.54) is 4.90 Å². The lowest BCUT2D eigenvalue weighted by Gasteiger charge is -2.22. The van der Waals surface area contributed by atoms with Crippen LogP contribution in [0.3, 0.4) is 0 Å². The Labute approximate surface area is 104 Å². The van der Waals surface area contributed by atoms with E-state index in [0.29, 0.717) is 13.0 Å². The normalized spacial score (nSPS) is 23.4. The van der Waals surface area contributed by atoms with Crippen molar-refractivity contribution in [3.05, 3.63) is 29.3 Å². The minimum Gasteiger partial charge on any atom is -0.388 e. The summed E-state index contributed by atoms with van der Waals surface area (Å²) in [5.74, 6) is -1.91. The fourth-order valence-corrected chi connectivity index (χ4v) is 2.16. The Bertz CT molecular complexity index is 479. The monoisotopic (exact) mass is 255 g/mol. The van der Waals surface area contributed by atoms with Gasteiger partial charge in [0.25, 0.3) is 0 Å². The van der Waals surface area contributed by atoms with Crippen molar-refractivity contribution in [3.8, 4) is 0 Å². The molecule has 0 amide bonds. The van der Waals surface area contributed by atoms with Gasteiger partial charge in [-0.05, 0) is 25.5 Å². The average molecular weight is 255 g/mol. The van der Waals surface area contributed by atoms with Gasteiger partial charge < -0.3 is 15.7 Å². The maximum atomic E-state index is 13.9. The van der Waals surface area contributed by atoms with E-state index in [2.05, 4.69) is 0 Å². The van der Waals surface area contributed by atoms with Crippen LogP contribution in [-0.4, -0.2) is 29.6 Å². The third kappa shape index (κ3) is 2.28. The van der Waals surface area contributed by atoms with Crippen LogP contribution in [0.5, 0.6) is 0 Å². The van der Waals surface area contributed by atoms with Crippen LogP contribution < -0.4 is 10.6 Å². The zero-order chi connectivity index (χ0) is 13.5. The number of nitrogens with two attached hydrogens (primary N) is 1. The predicted molar refractivity (Wildman–Crippen MR) is 64.8 cm³/mol. The van der Waals surface area contributed by atoms with Crippen LogP contribution in [0.2, 0.25) is 0 Å². The highest BCUT2D eigenvalue weighted by Gasteiger charge is 2.34. The van der Waals surface area contributed by atoms with E-state index in [-0.39, 0.29) is 23.6 Å². The van der Waals surface area contributed by atoms with E-state index in [0.717, 1.165) is 12.1 Å². The van der Waals surface area contributed by atoms with Crippen LogP contribution in [0.15, 0.2) is 12.1 Å². The van der Waals surface area contributed by atoms with E-state index in [1.54, 1.807) is 6.92 Å². The van der Waals surface area contributed by atoms with Crippen molar-refractivity contribution < 1.29 is 13.9 Å². The molecule has 2 rings (SSSR count). The molecule has 1 atom stereocenters. The molecule has 0 aliphatic carbocycles. The van der Waals surface area contributed by atoms with Gasteiger partial charge in [0.05, 0.1) is 5.60 Å². The molecule has 0 aromatic heterocycles. The highest BCUT2D eigenvalue weighted by molar-refractivity contribution is 5.95. The summed E-state index contributed by atoms with van der Waals surface area (Å²) in [5.41, 5.74) is 4.11. The topological polar surface area (TPSA) is 73.3 Å². The molecule has 6 heteroatoms. The van der Waals surface area contributed by atoms with Crippen molar-refractivity contribution in [2.75, 3.05) is 18.0 Å². The van der Waals surface area contributed by atoms with Crippen LogP contribution in [-0.2, 0) is 0 Å². The first kappa shape index (κ1) is 12.8. The molecule has 4 nitrogen and oxygen atoms in total. The number of amidine groups is 1. The fraction of sp³-hybridized carbons (Fsp3) is 0.417. The lowest BCUT2D eigenvalue weighted by molar-refractivity contribution is 0.0839. The Morgan fingerprint density at radius 2 is 2.00 bits per heavy atom. The minimum atomic E-state index is -0.932. The second kappa shape index (κ2) is 4.20. The first-order chi connectivity index (χ1) is 8.30. The van der Waals surface area contributed by atoms with Gasteiger partial charge in [0.2, 0.25) is 0 Å². The Kier molecular flexibility index (Phi) is 2.98. The number of aliphatic hydroxyl groups is 1. The number of nitrogens with zero attached hydrogens (tertiary/aromatic N) is 1. The first-order valence-corrected chi connectivity index (χ1v) is 5.61. The summed E-state index contributed by atoms with van der Waals surface area (Å²) in [6.45, 7) is 2.20. The number of nitrogen functional groups attached to an aromatic ring is 1. The maximum absolute atomic E-state index is 13.9. The Morgan fingerprint density at radius 3 is 2.39 bits per heavy atom. The highest BCUT2D eigenvalue weighted by Crippen LogP contribution is 2.31. The van der Waals surface area contributed by atoms with Gasteiger partial charge in [-0.15, -0.1) is 0 Å². The molecular weight excluding hydrogens is 240 g/mol. The minimum absolute atomic E-state index is 0.0136. The molecule has 1 aliphatic rings. The molecule has 1 fully saturated rings. The van der Waals surface area contributed by atoms with Crippen LogP contribution in [0.1, 0.15) is 18.9 Å². The van der Waals surface area contributed by atoms with E-state index in [4.69, 9.17) is 11.1 Å². The van der Waals surface area contributed by atoms with Gasteiger partial charge in [0.1, 0.15) is 23.2 Å². The lowest BCUT2D eigenvalue weighted by Crippen LogP contribution is -2.30. The van der Waals surface area contributed by atoms with Gasteiger partial charge in [0.15, 0.2) is 0 Å². The Morgan fingerprint density at radius 1 is 1.44 bits per heavy atom. The number of hydrogen-bond donors (Lipinski definition) is 3. The van der Waals surface area contributed by atoms with Crippen molar-refractivity contribution in [1.82, 2.24) is 0 Å². The second-order valence-electron chi connectivity index (χ2n) is 4.87. The van der Waals surface area contributed by atoms with Gasteiger partial charge >= 0.3 is 0 Å². The molecule has 1 aromatic rings. The molecule has 0 saturated carbocycles. The predicted octanol–water partition coefficient (Wildman–Crippen LogP) is 1.21. The molecule has 1 aromatic carbocycles. The summed E-state index contributed by atoms with van der Waals surface area (Å²) in [5, 5.41) is 17.0. The van der Waals surface area contributed by atoms with Gasteiger partial charge in [-0.2, -0.15) is 0 Å². The van der Waals surface area contributed by atoms with Crippen molar-refractivity contribution in [3.63, 3.8) is 0 Å². The highest BCUT2D eigenvalue weighted by atomic mass is 19.1. The lowest BCUT2D eigenvalue weighted by atomic mass is 10.1. The molecule has 1 unspecified atom stereocenters. The molecule has 1 saturated heterocycles. The molecular formula is C12H15F2N3O. The molecule has 4 N–H and O–H groups in total. The zero-order valence-corrected chi connectivity index (χ0v) is 10.0. The molecule has 98 valence electrons. The van der Waals surface area contributed by atoms with Gasteiger partial charge in [0, 0.05) is 18.7 Å². The molecule has 0 radical (unpaired) electrons. The number of rotatable bonds is 2. The van der Waals surface area contributed by atoms with Crippen LogP contribution >= 0.6 is 0 Å². The van der Waals surface area contributed by atoms with E-state index < -0.39 is 17.2 Å². The molecule has 0 spiro atoms. The summed E-state index contributed by atoms with van der Waals surface area (Å²) in [6.07, 6.45) is 0.459. The van der Waals surface area contributed by atoms with Crippen LogP contribution in [0, 0.1) is 17.0 Å². The smallest absolute Gasteiger partial charge is 0.150 e. The number of hydrogen-bond acceptors (Lipinski definition) is 3. The third-order valence-electron chi connectivity index (χ3n) is 3.10. The standard InChI is InChI=1S/C12H15F2N3O/c1-12(18)2-3-17(6-12)10-8(13)4-7(11(15)16)5-9(10)14/h4-5,18H,2-3,6H2,1H3,(H3,15,16). The largest absolute Gasteiger partial charge is 0.388 e. The summed E-state index contributed by atoms with van der Waals surface area (Å²) in [7, 11) is 0. The average Bonchev–Trinajstić information content (AvgIpc) is 2.57. The number of halogens is 2. The number of benzene rings is 1. The number of β-amino-alcohol motifs (C(OH)–C–C–N with tert-alkyl or cyclic N) is 1. The van der Waals surface area contributed by atoms with Gasteiger partial charge in [-0.25, -0.2) is 8.78 Å². The van der Waals surface area contributed by atoms with E-state index in [1.807, 2.05) is 0 Å². The van der Waals surface area contributed by atoms with E-state index in [9.17, 15) is 13.9 Å². The van der Waals surface area contributed by atoms with Crippen molar-refractivity contribution >= 4 is 11.5 Å². The maximum Gasteiger partial charge on any atom is 0.150 e. The quantitative estimate of drug-likeness (QED) is 0.549. The number of nitrogens with one attached hydrogen (secondary N) is 1. The Hall–Kier alpha value is -1.69. The van der Waals surface area contributed by atoms with Crippen LogP contribution in [0.25, 0.3) is 0 Å². The van der Waals surface area contributed by atoms with Crippen molar-refractivity contribution in [1.29, 1.82) is 5.41 Å². The Balaban J connectivity index is 2.38. The van der Waals surface area contributed by atoms with Crippen LogP contribution in [0.4, 0.5) is 14.5 Å². The molecule has 1 heterocycles. The van der Waals surface area contributed by atoms with Crippen molar-refractivity contribution in [2.24, 2.45) is 5.73 Å². The first-order valence-electron chi connectivity index (χ1n) is 5.61. The summed E-state index contributed by atoms with van der Waals surface area (Å²) >= 11 is 0. The fourth-order valence-electron chi connectivity index (χ4n) is 2.16. The molecule has 18 heavy (non-hydrogen) atoms. The summed E-state index contributed by atoms with van der Waals surface area (Å²) < 4.78 is 27.7. The van der Waals surface area contributed by atoms with Gasteiger partial charge in [-0.3, -0.25) is 5.41 Å². The summed E-state index contributed by atoms with van der Waals surface area (Å²) in [6, 6.07) is 2.07. The summed E-state index contributed by atoms with van der Waals surface area (Å²) in [4.78, 5) is 1.47. The second-order valence-corrected chi connectivity index (χ2v) is 4.87. The molecule has 1 aliphatic heterocycles. The molecule has 0 bridgehead atoms.